The van der Waals surface area contributed by atoms with Crippen molar-refractivity contribution in [3.05, 3.63) is 39.0 Å². The minimum absolute atomic E-state index is 0.00196. The van der Waals surface area contributed by atoms with E-state index in [1.165, 1.54) is 12.3 Å². The Balaban J connectivity index is 2.05. The number of fused-ring (bicyclic) bond motifs is 1. The summed E-state index contributed by atoms with van der Waals surface area (Å²) in [5.74, 6) is 0.380. The van der Waals surface area contributed by atoms with Crippen LogP contribution in [0.3, 0.4) is 0 Å². The van der Waals surface area contributed by atoms with Crippen LogP contribution in [-0.2, 0) is 11.2 Å². The normalized spacial score (nSPS) is 29.0. The van der Waals surface area contributed by atoms with Crippen LogP contribution in [0.2, 0.25) is 0 Å². The number of hydrogen-bond acceptors (Lipinski definition) is 8. The maximum atomic E-state index is 14.5. The van der Waals surface area contributed by atoms with Crippen LogP contribution < -0.4 is 5.69 Å². The lowest BCUT2D eigenvalue weighted by molar-refractivity contribution is -0.124. The van der Waals surface area contributed by atoms with Crippen LogP contribution in [0.15, 0.2) is 26.6 Å². The molecule has 1 aliphatic rings. The van der Waals surface area contributed by atoms with Gasteiger partial charge in [0.25, 0.3) is 0 Å². The molecule has 0 amide bonds. The zero-order valence-electron chi connectivity index (χ0n) is 12.7. The number of aromatic nitrogens is 2. The van der Waals surface area contributed by atoms with Crippen LogP contribution in [0.4, 0.5) is 4.39 Å². The van der Waals surface area contributed by atoms with Crippen molar-refractivity contribution in [3.63, 3.8) is 0 Å². The van der Waals surface area contributed by atoms with Gasteiger partial charge in [0.1, 0.15) is 11.9 Å². The number of ether oxygens (including phenoxy) is 1. The first-order valence-corrected chi connectivity index (χ1v) is 7.25. The number of nitrogens with zero attached hydrogens (tertiary/aromatic N) is 5. The summed E-state index contributed by atoms with van der Waals surface area (Å²) in [5.41, 5.74) is 5.39. The Morgan fingerprint density at radius 3 is 2.92 bits per heavy atom. The first-order chi connectivity index (χ1) is 12.0. The van der Waals surface area contributed by atoms with Crippen molar-refractivity contribution in [1.82, 2.24) is 9.55 Å². The van der Waals surface area contributed by atoms with Gasteiger partial charge in [0.15, 0.2) is 12.4 Å². The molecule has 25 heavy (non-hydrogen) atoms. The van der Waals surface area contributed by atoms with E-state index in [1.807, 2.05) is 0 Å². The molecule has 1 fully saturated rings. The zero-order valence-corrected chi connectivity index (χ0v) is 12.7. The van der Waals surface area contributed by atoms with Crippen molar-refractivity contribution >= 4 is 11.1 Å². The van der Waals surface area contributed by atoms with Crippen LogP contribution in [0.25, 0.3) is 21.5 Å². The maximum absolute atomic E-state index is 14.5. The highest BCUT2D eigenvalue weighted by Crippen LogP contribution is 2.39. The van der Waals surface area contributed by atoms with Gasteiger partial charge in [0.2, 0.25) is 11.4 Å². The molecule has 0 radical (unpaired) electrons. The molecule has 0 aliphatic carbocycles. The molecule has 3 rings (SSSR count). The summed E-state index contributed by atoms with van der Waals surface area (Å²) in [4.78, 5) is 18.3. The first kappa shape index (κ1) is 17.3. The predicted molar refractivity (Wildman–Crippen MR) is 79.0 cm³/mol. The van der Waals surface area contributed by atoms with Crippen LogP contribution >= 0.6 is 0 Å². The number of alkyl halides is 1. The molecule has 134 valence electrons. The molecule has 4 atom stereocenters. The van der Waals surface area contributed by atoms with E-state index < -0.39 is 36.5 Å². The van der Waals surface area contributed by atoms with Crippen LogP contribution in [0.5, 0.6) is 0 Å². The molecule has 1 unspecified atom stereocenters. The SMILES string of the molecule is [N-]=[N+]=N[C@]1(CO)OC(n2cc3cc(CCO)oc3nc2=O)[C@@H](F)[C@@H]1O. The molecule has 2 aromatic heterocycles. The van der Waals surface area contributed by atoms with E-state index in [2.05, 4.69) is 15.0 Å². The number of halogens is 1. The zero-order chi connectivity index (χ0) is 18.2. The van der Waals surface area contributed by atoms with Crippen molar-refractivity contribution in [2.75, 3.05) is 13.2 Å². The molecule has 1 saturated heterocycles. The Morgan fingerprint density at radius 2 is 2.28 bits per heavy atom. The quantitative estimate of drug-likeness (QED) is 0.377. The molecule has 0 aromatic carbocycles. The molecule has 0 saturated carbocycles. The molecular formula is C13H14FN5O6. The summed E-state index contributed by atoms with van der Waals surface area (Å²) in [6.45, 7) is -1.15. The minimum Gasteiger partial charge on any atom is -0.442 e. The Bertz CT molecular complexity index is 893. The average molecular weight is 355 g/mol. The van der Waals surface area contributed by atoms with Crippen molar-refractivity contribution in [3.8, 4) is 0 Å². The van der Waals surface area contributed by atoms with E-state index in [0.717, 1.165) is 4.57 Å². The number of furan rings is 1. The highest BCUT2D eigenvalue weighted by atomic mass is 19.1. The molecule has 1 aliphatic heterocycles. The van der Waals surface area contributed by atoms with Gasteiger partial charge in [-0.1, -0.05) is 5.11 Å². The van der Waals surface area contributed by atoms with E-state index in [0.29, 0.717) is 11.1 Å². The van der Waals surface area contributed by atoms with E-state index >= 15 is 0 Å². The van der Waals surface area contributed by atoms with Gasteiger partial charge in [-0.25, -0.2) is 9.18 Å². The summed E-state index contributed by atoms with van der Waals surface area (Å²) in [6.07, 6.45) is -4.37. The van der Waals surface area contributed by atoms with Crippen LogP contribution in [-0.4, -0.2) is 56.1 Å². The predicted octanol–water partition coefficient (Wildman–Crippen LogP) is -0.249. The molecule has 3 heterocycles. The molecule has 3 N–H and O–H groups in total. The van der Waals surface area contributed by atoms with Crippen molar-refractivity contribution in [1.29, 1.82) is 0 Å². The Hall–Kier alpha value is -2.50. The van der Waals surface area contributed by atoms with E-state index in [1.54, 1.807) is 0 Å². The molecule has 12 heteroatoms. The van der Waals surface area contributed by atoms with Gasteiger partial charge in [-0.05, 0) is 11.6 Å². The molecule has 0 bridgehead atoms. The first-order valence-electron chi connectivity index (χ1n) is 7.25. The second kappa shape index (κ2) is 6.43. The molecule has 11 nitrogen and oxygen atoms in total. The fraction of sp³-hybridized carbons (Fsp3) is 0.538. The van der Waals surface area contributed by atoms with E-state index in [4.69, 9.17) is 19.8 Å². The third kappa shape index (κ3) is 2.75. The van der Waals surface area contributed by atoms with Crippen molar-refractivity contribution in [2.45, 2.75) is 30.6 Å². The third-order valence-electron chi connectivity index (χ3n) is 3.92. The van der Waals surface area contributed by atoms with Crippen LogP contribution in [0.1, 0.15) is 12.0 Å². The average Bonchev–Trinajstić information content (AvgIpc) is 3.08. The number of aliphatic hydroxyl groups is 3. The Labute approximate surface area is 138 Å². The number of aliphatic hydroxyl groups excluding tert-OH is 3. The Morgan fingerprint density at radius 1 is 1.52 bits per heavy atom. The van der Waals surface area contributed by atoms with Gasteiger partial charge in [-0.15, -0.1) is 0 Å². The van der Waals surface area contributed by atoms with Gasteiger partial charge in [-0.2, -0.15) is 4.98 Å². The van der Waals surface area contributed by atoms with Gasteiger partial charge < -0.3 is 24.5 Å². The monoisotopic (exact) mass is 355 g/mol. The number of rotatable bonds is 5. The van der Waals surface area contributed by atoms with Gasteiger partial charge in [0, 0.05) is 17.5 Å². The summed E-state index contributed by atoms with van der Waals surface area (Å²) < 4.78 is 25.7. The topological polar surface area (TPSA) is 167 Å². The lowest BCUT2D eigenvalue weighted by atomic mass is 10.1. The summed E-state index contributed by atoms with van der Waals surface area (Å²) in [7, 11) is 0. The number of azide groups is 1. The fourth-order valence-corrected chi connectivity index (χ4v) is 2.67. The summed E-state index contributed by atoms with van der Waals surface area (Å²) in [5, 5.41) is 31.7. The minimum atomic E-state index is -2.24. The Kier molecular flexibility index (Phi) is 4.45. The highest BCUT2D eigenvalue weighted by molar-refractivity contribution is 5.72. The van der Waals surface area contributed by atoms with E-state index in [-0.39, 0.29) is 18.7 Å². The van der Waals surface area contributed by atoms with E-state index in [9.17, 15) is 19.4 Å². The third-order valence-corrected chi connectivity index (χ3v) is 3.92. The smallest absolute Gasteiger partial charge is 0.353 e. The van der Waals surface area contributed by atoms with Crippen molar-refractivity contribution in [2.24, 2.45) is 5.11 Å². The van der Waals surface area contributed by atoms with Gasteiger partial charge in [0.05, 0.1) is 18.6 Å². The standard InChI is InChI=1S/C13H14FN5O6/c14-8-9(22)13(5-21,17-18-15)25-11(8)19-4-6-3-7(1-2-20)24-10(6)16-12(19)23/h3-4,8-9,11,20-22H,1-2,5H2/t8-,9-,11?,13+/m0/s1. The summed E-state index contributed by atoms with van der Waals surface area (Å²) >= 11 is 0. The molecule has 2 aromatic rings. The van der Waals surface area contributed by atoms with Crippen LogP contribution in [0, 0.1) is 0 Å². The highest BCUT2D eigenvalue weighted by Gasteiger charge is 2.56. The lowest BCUT2D eigenvalue weighted by Crippen LogP contribution is -2.43. The fourth-order valence-electron chi connectivity index (χ4n) is 2.67. The van der Waals surface area contributed by atoms with Gasteiger partial charge >= 0.3 is 5.69 Å². The van der Waals surface area contributed by atoms with Gasteiger partial charge in [-0.3, -0.25) is 4.57 Å². The molecular weight excluding hydrogens is 341 g/mol. The summed E-state index contributed by atoms with van der Waals surface area (Å²) in [6, 6.07) is 1.51. The molecule has 0 spiro atoms. The largest absolute Gasteiger partial charge is 0.442 e. The van der Waals surface area contributed by atoms with Crippen molar-refractivity contribution < 1.29 is 28.9 Å². The maximum Gasteiger partial charge on any atom is 0.353 e. The second-order valence-electron chi connectivity index (χ2n) is 5.47. The lowest BCUT2D eigenvalue weighted by Gasteiger charge is -2.23. The second-order valence-corrected chi connectivity index (χ2v) is 5.47. The number of hydrogen-bond donors (Lipinski definition) is 3.